The number of rotatable bonds is 8. The van der Waals surface area contributed by atoms with Gasteiger partial charge in [0.2, 0.25) is 5.91 Å². The van der Waals surface area contributed by atoms with Crippen molar-refractivity contribution >= 4 is 22.5 Å². The first kappa shape index (κ1) is 26.6. The fourth-order valence-electron chi connectivity index (χ4n) is 4.28. The van der Waals surface area contributed by atoms with E-state index in [1.165, 1.54) is 18.2 Å². The molecule has 1 unspecified atom stereocenters. The molecule has 0 aliphatic heterocycles. The maximum absolute atomic E-state index is 15.1. The highest BCUT2D eigenvalue weighted by atomic mass is 19.1. The minimum atomic E-state index is -1.05. The highest BCUT2D eigenvalue weighted by molar-refractivity contribution is 6.02. The zero-order valence-electron chi connectivity index (χ0n) is 20.1. The number of aliphatic hydroxyl groups excluding tert-OH is 4. The van der Waals surface area contributed by atoms with E-state index in [9.17, 15) is 25.2 Å². The van der Waals surface area contributed by atoms with Gasteiger partial charge in [0.25, 0.3) is 0 Å². The van der Waals surface area contributed by atoms with Crippen molar-refractivity contribution in [2.75, 3.05) is 25.6 Å². The molecule has 1 saturated carbocycles. The molecule has 1 heterocycles. The first-order valence-corrected chi connectivity index (χ1v) is 11.4. The minimum Gasteiger partial charge on any atom is -0.508 e. The molecular formula is C26H33FN2O6. The molecule has 190 valence electrons. The summed E-state index contributed by atoms with van der Waals surface area (Å²) < 4.78 is 16.8. The van der Waals surface area contributed by atoms with Crippen LogP contribution in [0.1, 0.15) is 37.9 Å². The molecule has 8 nitrogen and oxygen atoms in total. The molecular weight excluding hydrogens is 455 g/mol. The van der Waals surface area contributed by atoms with Gasteiger partial charge in [-0.05, 0) is 42.7 Å². The van der Waals surface area contributed by atoms with Crippen LogP contribution in [0.15, 0.2) is 42.5 Å². The Hall–Kier alpha value is -2.98. The first-order chi connectivity index (χ1) is 16.6. The first-order valence-electron chi connectivity index (χ1n) is 11.4. The quantitative estimate of drug-likeness (QED) is 0.288. The van der Waals surface area contributed by atoms with Crippen LogP contribution in [0.5, 0.6) is 5.75 Å². The Balaban J connectivity index is 0.00000167. The van der Waals surface area contributed by atoms with Crippen molar-refractivity contribution in [3.05, 3.63) is 59.5 Å². The molecule has 1 aromatic heterocycles. The van der Waals surface area contributed by atoms with Gasteiger partial charge in [0.05, 0.1) is 42.5 Å². The van der Waals surface area contributed by atoms with Crippen LogP contribution in [0.3, 0.4) is 0 Å². The largest absolute Gasteiger partial charge is 0.508 e. The van der Waals surface area contributed by atoms with Gasteiger partial charge in [-0.25, -0.2) is 4.39 Å². The van der Waals surface area contributed by atoms with Gasteiger partial charge in [-0.15, -0.1) is 0 Å². The fourth-order valence-corrected chi connectivity index (χ4v) is 4.28. The molecule has 1 aliphatic carbocycles. The molecule has 1 amide bonds. The van der Waals surface area contributed by atoms with Crippen molar-refractivity contribution in [3.8, 4) is 5.75 Å². The molecule has 9 heteroatoms. The minimum absolute atomic E-state index is 0.0356. The maximum Gasteiger partial charge on any atom is 0.235 e. The Morgan fingerprint density at radius 2 is 1.77 bits per heavy atom. The number of halogens is 1. The SMILES string of the molecule is CC(C)(CO)c1cc2cc(NC(=O)C3(c4ccc(O)cc4)CC3)c(F)cc2n1CC(O)CO.CO. The van der Waals surface area contributed by atoms with Crippen LogP contribution in [0, 0.1) is 5.82 Å². The van der Waals surface area contributed by atoms with E-state index in [4.69, 9.17) is 5.11 Å². The topological polar surface area (TPSA) is 135 Å². The number of benzene rings is 2. The van der Waals surface area contributed by atoms with Gasteiger partial charge in [-0.3, -0.25) is 4.79 Å². The second kappa shape index (κ2) is 10.3. The van der Waals surface area contributed by atoms with E-state index in [1.54, 1.807) is 28.8 Å². The van der Waals surface area contributed by atoms with Gasteiger partial charge >= 0.3 is 0 Å². The predicted molar refractivity (Wildman–Crippen MR) is 131 cm³/mol. The number of phenols is 1. The number of nitrogens with zero attached hydrogens (tertiary/aromatic N) is 1. The monoisotopic (exact) mass is 488 g/mol. The number of nitrogens with one attached hydrogen (secondary N) is 1. The summed E-state index contributed by atoms with van der Waals surface area (Å²) in [6.07, 6.45) is 0.228. The number of hydrogen-bond acceptors (Lipinski definition) is 6. The molecule has 1 atom stereocenters. The summed E-state index contributed by atoms with van der Waals surface area (Å²) in [4.78, 5) is 13.1. The van der Waals surface area contributed by atoms with Crippen molar-refractivity contribution < 1.29 is 34.7 Å². The Morgan fingerprint density at radius 3 is 2.31 bits per heavy atom. The van der Waals surface area contributed by atoms with Crippen LogP contribution in [0.25, 0.3) is 10.9 Å². The maximum atomic E-state index is 15.1. The summed E-state index contributed by atoms with van der Waals surface area (Å²) in [6, 6.07) is 11.1. The second-order valence-electron chi connectivity index (χ2n) is 9.49. The van der Waals surface area contributed by atoms with E-state index in [1.807, 2.05) is 13.8 Å². The smallest absolute Gasteiger partial charge is 0.235 e. The van der Waals surface area contributed by atoms with Crippen molar-refractivity contribution in [3.63, 3.8) is 0 Å². The standard InChI is InChI=1S/C25H29FN2O5.CH4O/c1-24(2,14-30)22-10-15-9-20(19(26)11-21(15)28(22)12-18(32)13-29)27-23(33)25(7-8-25)16-3-5-17(31)6-4-16;1-2/h3-6,9-11,18,29-32H,7-8,12-14H2,1-2H3,(H,27,33);2H,1H3. The van der Waals surface area contributed by atoms with Crippen molar-refractivity contribution in [1.82, 2.24) is 4.57 Å². The van der Waals surface area contributed by atoms with Crippen LogP contribution in [-0.4, -0.2) is 62.4 Å². The summed E-state index contributed by atoms with van der Waals surface area (Å²) in [7, 11) is 1.00. The fraction of sp³-hybridized carbons (Fsp3) is 0.423. The summed E-state index contributed by atoms with van der Waals surface area (Å²) in [5.74, 6) is -0.815. The summed E-state index contributed by atoms with van der Waals surface area (Å²) in [5.41, 5.74) is 0.579. The number of carbonyl (C=O) groups is 1. The lowest BCUT2D eigenvalue weighted by molar-refractivity contribution is -0.118. The van der Waals surface area contributed by atoms with Crippen molar-refractivity contribution in [1.29, 1.82) is 0 Å². The van der Waals surface area contributed by atoms with Gasteiger partial charge in [0.1, 0.15) is 11.6 Å². The number of aliphatic hydroxyl groups is 4. The zero-order chi connectivity index (χ0) is 26.0. The highest BCUT2D eigenvalue weighted by Gasteiger charge is 2.51. The molecule has 4 rings (SSSR count). The lowest BCUT2D eigenvalue weighted by Gasteiger charge is -2.25. The van der Waals surface area contributed by atoms with E-state index in [2.05, 4.69) is 5.32 Å². The van der Waals surface area contributed by atoms with Crippen molar-refractivity contribution in [2.45, 2.75) is 50.2 Å². The zero-order valence-corrected chi connectivity index (χ0v) is 20.1. The lowest BCUT2D eigenvalue weighted by atomic mass is 9.90. The van der Waals surface area contributed by atoms with E-state index in [0.717, 1.165) is 12.7 Å². The highest BCUT2D eigenvalue weighted by Crippen LogP contribution is 2.49. The third kappa shape index (κ3) is 5.18. The van der Waals surface area contributed by atoms with E-state index in [-0.39, 0.29) is 30.5 Å². The summed E-state index contributed by atoms with van der Waals surface area (Å²) in [5, 5.41) is 49.1. The molecule has 35 heavy (non-hydrogen) atoms. The third-order valence-corrected chi connectivity index (χ3v) is 6.54. The molecule has 0 radical (unpaired) electrons. The van der Waals surface area contributed by atoms with Gasteiger partial charge in [-0.2, -0.15) is 0 Å². The molecule has 6 N–H and O–H groups in total. The molecule has 0 saturated heterocycles. The summed E-state index contributed by atoms with van der Waals surface area (Å²) >= 11 is 0. The Morgan fingerprint density at radius 1 is 1.14 bits per heavy atom. The molecule has 1 aliphatic rings. The lowest BCUT2D eigenvalue weighted by Crippen LogP contribution is -2.29. The van der Waals surface area contributed by atoms with Gasteiger partial charge in [0, 0.05) is 29.7 Å². The number of amides is 1. The number of aromatic hydroxyl groups is 1. The average Bonchev–Trinajstić information content (AvgIpc) is 3.59. The molecule has 1 fully saturated rings. The van der Waals surface area contributed by atoms with Crippen LogP contribution in [0.4, 0.5) is 10.1 Å². The predicted octanol–water partition coefficient (Wildman–Crippen LogP) is 2.39. The number of phenolic OH excluding ortho intramolecular Hbond substituents is 1. The number of anilines is 1. The van der Waals surface area contributed by atoms with Crippen molar-refractivity contribution in [2.24, 2.45) is 0 Å². The van der Waals surface area contributed by atoms with E-state index >= 15 is 4.39 Å². The van der Waals surface area contributed by atoms with E-state index in [0.29, 0.717) is 29.4 Å². The molecule has 0 bridgehead atoms. The Bertz CT molecular complexity index is 1180. The Kier molecular flexibility index (Phi) is 7.86. The van der Waals surface area contributed by atoms with E-state index < -0.39 is 29.4 Å². The number of hydrogen-bond donors (Lipinski definition) is 6. The van der Waals surface area contributed by atoms with Crippen LogP contribution < -0.4 is 5.32 Å². The number of fused-ring (bicyclic) bond motifs is 1. The van der Waals surface area contributed by atoms with Gasteiger partial charge in [0.15, 0.2) is 0 Å². The Labute approximate surface area is 203 Å². The summed E-state index contributed by atoms with van der Waals surface area (Å²) in [6.45, 7) is 3.08. The second-order valence-corrected chi connectivity index (χ2v) is 9.49. The number of carbonyl (C=O) groups excluding carboxylic acids is 1. The van der Waals surface area contributed by atoms with Crippen LogP contribution in [0.2, 0.25) is 0 Å². The normalized spacial score (nSPS) is 15.3. The molecule has 0 spiro atoms. The van der Waals surface area contributed by atoms with Gasteiger partial charge < -0.3 is 35.4 Å². The molecule has 3 aromatic rings. The van der Waals surface area contributed by atoms with Gasteiger partial charge in [-0.1, -0.05) is 26.0 Å². The van der Waals surface area contributed by atoms with Crippen LogP contribution >= 0.6 is 0 Å². The average molecular weight is 489 g/mol. The van der Waals surface area contributed by atoms with Crippen LogP contribution in [-0.2, 0) is 22.2 Å². The number of aromatic nitrogens is 1. The molecule has 2 aromatic carbocycles. The third-order valence-electron chi connectivity index (χ3n) is 6.54.